The zero-order valence-corrected chi connectivity index (χ0v) is 14.4. The number of nitrogen functional groups attached to an aromatic ring is 1. The van der Waals surface area contributed by atoms with Gasteiger partial charge in [0.15, 0.2) is 0 Å². The lowest BCUT2D eigenvalue weighted by atomic mass is 10.0. The molecule has 2 aliphatic rings. The summed E-state index contributed by atoms with van der Waals surface area (Å²) in [6, 6.07) is 3.80. The van der Waals surface area contributed by atoms with Crippen molar-refractivity contribution < 1.29 is 0 Å². The van der Waals surface area contributed by atoms with Crippen LogP contribution in [0.1, 0.15) is 30.9 Å². The number of nitrogens with zero attached hydrogens (tertiary/aromatic N) is 3. The van der Waals surface area contributed by atoms with Gasteiger partial charge in [0, 0.05) is 30.9 Å². The molecule has 2 heterocycles. The minimum atomic E-state index is -0.439. The van der Waals surface area contributed by atoms with E-state index in [0.717, 1.165) is 53.8 Å². The Morgan fingerprint density at radius 3 is 2.56 bits per heavy atom. The van der Waals surface area contributed by atoms with Crippen LogP contribution in [-0.4, -0.2) is 28.4 Å². The van der Waals surface area contributed by atoms with Crippen molar-refractivity contribution in [1.29, 1.82) is 0 Å². The maximum Gasteiger partial charge on any atom is 0.350 e. The summed E-state index contributed by atoms with van der Waals surface area (Å²) in [5, 5.41) is 0.500. The molecule has 2 atom stereocenters. The zero-order chi connectivity index (χ0) is 17.9. The molecule has 1 radical (unpaired) electrons. The summed E-state index contributed by atoms with van der Waals surface area (Å²) in [6.07, 6.45) is 2.89. The van der Waals surface area contributed by atoms with Gasteiger partial charge in [-0.25, -0.2) is 4.79 Å². The van der Waals surface area contributed by atoms with Crippen molar-refractivity contribution in [3.05, 3.63) is 45.5 Å². The largest absolute Gasteiger partial charge is 0.371 e. The SMILES string of the molecule is [CH2][C@@H](N)[C@@H]1CCN(c2ccc3c(=O)n(N)c(=O)n(C4CC4)c3c2C)C1. The number of rotatable bonds is 3. The Bertz CT molecular complexity index is 955. The second-order valence-electron chi connectivity index (χ2n) is 7.32. The van der Waals surface area contributed by atoms with E-state index in [1.165, 1.54) is 0 Å². The van der Waals surface area contributed by atoms with Gasteiger partial charge in [0.25, 0.3) is 5.56 Å². The van der Waals surface area contributed by atoms with Crippen LogP contribution in [0, 0.1) is 19.8 Å². The van der Waals surface area contributed by atoms with Crippen molar-refractivity contribution in [2.45, 2.75) is 38.3 Å². The standard InChI is InChI=1S/C18H24N5O2/c1-10-15(21-8-7-12(9-21)11(2)19)6-5-14-16(10)22(13-3-4-13)18(25)23(20)17(14)24/h5-6,11-13H,2-4,7-9,19-20H2,1H3/t11-,12-/m1/s1. The van der Waals surface area contributed by atoms with Crippen LogP contribution in [0.2, 0.25) is 0 Å². The molecule has 4 N–H and O–H groups in total. The van der Waals surface area contributed by atoms with Gasteiger partial charge in [-0.15, -0.1) is 0 Å². The lowest BCUT2D eigenvalue weighted by molar-refractivity contribution is 0.521. The highest BCUT2D eigenvalue weighted by Gasteiger charge is 2.31. The smallest absolute Gasteiger partial charge is 0.350 e. The Hall–Kier alpha value is -2.28. The minimum absolute atomic E-state index is 0.0835. The molecule has 1 aliphatic heterocycles. The van der Waals surface area contributed by atoms with E-state index in [1.54, 1.807) is 10.6 Å². The normalized spacial score (nSPS) is 21.9. The molecule has 1 aromatic carbocycles. The molecule has 2 aromatic rings. The van der Waals surface area contributed by atoms with Gasteiger partial charge in [-0.05, 0) is 56.7 Å². The third-order valence-electron chi connectivity index (χ3n) is 5.59. The summed E-state index contributed by atoms with van der Waals surface area (Å²) in [6.45, 7) is 7.68. The van der Waals surface area contributed by atoms with Gasteiger partial charge in [-0.1, -0.05) is 0 Å². The summed E-state index contributed by atoms with van der Waals surface area (Å²) < 4.78 is 2.43. The van der Waals surface area contributed by atoms with Crippen molar-refractivity contribution >= 4 is 16.6 Å². The van der Waals surface area contributed by atoms with E-state index in [1.807, 2.05) is 13.0 Å². The summed E-state index contributed by atoms with van der Waals surface area (Å²) in [5.74, 6) is 6.07. The first-order valence-corrected chi connectivity index (χ1v) is 8.79. The van der Waals surface area contributed by atoms with Crippen LogP contribution >= 0.6 is 0 Å². The number of fused-ring (bicyclic) bond motifs is 1. The Kier molecular flexibility index (Phi) is 3.64. The molecule has 0 bridgehead atoms. The summed E-state index contributed by atoms with van der Waals surface area (Å²) >= 11 is 0. The fourth-order valence-corrected chi connectivity index (χ4v) is 3.97. The minimum Gasteiger partial charge on any atom is -0.371 e. The van der Waals surface area contributed by atoms with Crippen LogP contribution < -0.4 is 27.7 Å². The van der Waals surface area contributed by atoms with Crippen molar-refractivity contribution in [2.75, 3.05) is 23.8 Å². The molecule has 1 aliphatic carbocycles. The predicted molar refractivity (Wildman–Crippen MR) is 99.3 cm³/mol. The molecule has 25 heavy (non-hydrogen) atoms. The number of aromatic nitrogens is 2. The first-order valence-electron chi connectivity index (χ1n) is 8.79. The molecule has 4 rings (SSSR count). The van der Waals surface area contributed by atoms with Gasteiger partial charge in [-0.3, -0.25) is 9.36 Å². The molecule has 1 aromatic heterocycles. The van der Waals surface area contributed by atoms with E-state index in [2.05, 4.69) is 11.8 Å². The summed E-state index contributed by atoms with van der Waals surface area (Å²) in [7, 11) is 0. The monoisotopic (exact) mass is 342 g/mol. The molecular weight excluding hydrogens is 318 g/mol. The highest BCUT2D eigenvalue weighted by Crippen LogP contribution is 2.38. The third kappa shape index (κ3) is 2.45. The van der Waals surface area contributed by atoms with Gasteiger partial charge in [0.05, 0.1) is 10.9 Å². The first-order chi connectivity index (χ1) is 11.9. The molecule has 0 spiro atoms. The summed E-state index contributed by atoms with van der Waals surface area (Å²) in [5.41, 5.74) is 7.82. The molecule has 2 fully saturated rings. The van der Waals surface area contributed by atoms with E-state index in [4.69, 9.17) is 11.6 Å². The average molecular weight is 342 g/mol. The number of hydrogen-bond acceptors (Lipinski definition) is 5. The van der Waals surface area contributed by atoms with Crippen molar-refractivity contribution in [1.82, 2.24) is 9.24 Å². The second-order valence-corrected chi connectivity index (χ2v) is 7.32. The van der Waals surface area contributed by atoms with E-state index in [-0.39, 0.29) is 12.1 Å². The van der Waals surface area contributed by atoms with Crippen LogP contribution in [0.3, 0.4) is 0 Å². The first kappa shape index (κ1) is 16.2. The lowest BCUT2D eigenvalue weighted by Gasteiger charge is -2.24. The number of hydrogen-bond donors (Lipinski definition) is 2. The fourth-order valence-electron chi connectivity index (χ4n) is 3.97. The molecule has 1 saturated carbocycles. The Morgan fingerprint density at radius 1 is 1.24 bits per heavy atom. The Labute approximate surface area is 145 Å². The van der Waals surface area contributed by atoms with Crippen LogP contribution in [0.15, 0.2) is 21.7 Å². The van der Waals surface area contributed by atoms with Crippen LogP contribution in [0.4, 0.5) is 5.69 Å². The molecule has 1 saturated heterocycles. The van der Waals surface area contributed by atoms with Crippen LogP contribution in [0.5, 0.6) is 0 Å². The van der Waals surface area contributed by atoms with Crippen molar-refractivity contribution in [3.8, 4) is 0 Å². The predicted octanol–water partition coefficient (Wildman–Crippen LogP) is 0.508. The van der Waals surface area contributed by atoms with Gasteiger partial charge in [-0.2, -0.15) is 4.68 Å². The molecular formula is C18H24N5O2. The molecule has 7 nitrogen and oxygen atoms in total. The van der Waals surface area contributed by atoms with E-state index in [9.17, 15) is 9.59 Å². The molecule has 7 heteroatoms. The third-order valence-corrected chi connectivity index (χ3v) is 5.59. The molecule has 133 valence electrons. The molecule has 0 unspecified atom stereocenters. The number of aryl methyl sites for hydroxylation is 1. The lowest BCUT2D eigenvalue weighted by Crippen LogP contribution is -2.44. The fraction of sp³-hybridized carbons (Fsp3) is 0.500. The average Bonchev–Trinajstić information content (AvgIpc) is 3.29. The maximum atomic E-state index is 12.6. The molecule has 0 amide bonds. The Morgan fingerprint density at radius 2 is 1.96 bits per heavy atom. The quantitative estimate of drug-likeness (QED) is 0.792. The van der Waals surface area contributed by atoms with E-state index in [0.29, 0.717) is 11.3 Å². The van der Waals surface area contributed by atoms with Crippen LogP contribution in [-0.2, 0) is 0 Å². The van der Waals surface area contributed by atoms with E-state index < -0.39 is 11.2 Å². The number of anilines is 1. The van der Waals surface area contributed by atoms with Crippen molar-refractivity contribution in [3.63, 3.8) is 0 Å². The number of benzene rings is 1. The highest BCUT2D eigenvalue weighted by atomic mass is 16.2. The van der Waals surface area contributed by atoms with Gasteiger partial charge in [0.2, 0.25) is 0 Å². The second kappa shape index (κ2) is 5.62. The number of nitrogens with two attached hydrogens (primary N) is 2. The Balaban J connectivity index is 1.91. The maximum absolute atomic E-state index is 12.6. The van der Waals surface area contributed by atoms with Gasteiger partial charge < -0.3 is 16.5 Å². The summed E-state index contributed by atoms with van der Waals surface area (Å²) in [4.78, 5) is 27.3. The topological polar surface area (TPSA) is 99.3 Å². The van der Waals surface area contributed by atoms with Gasteiger partial charge in [0.1, 0.15) is 0 Å². The van der Waals surface area contributed by atoms with Crippen LogP contribution in [0.25, 0.3) is 10.9 Å². The zero-order valence-electron chi connectivity index (χ0n) is 14.4. The highest BCUT2D eigenvalue weighted by molar-refractivity contribution is 5.87. The van der Waals surface area contributed by atoms with E-state index >= 15 is 0 Å². The van der Waals surface area contributed by atoms with Crippen molar-refractivity contribution in [2.24, 2.45) is 11.7 Å². The van der Waals surface area contributed by atoms with Gasteiger partial charge >= 0.3 is 5.69 Å².